The molecule has 0 bridgehead atoms. The van der Waals surface area contributed by atoms with Crippen molar-refractivity contribution in [2.45, 2.75) is 17.2 Å². The van der Waals surface area contributed by atoms with E-state index in [-0.39, 0.29) is 6.29 Å². The summed E-state index contributed by atoms with van der Waals surface area (Å²) >= 11 is 57.7. The molecule has 138 valence electrons. The van der Waals surface area contributed by atoms with Gasteiger partial charge in [-0.15, -0.1) is 0 Å². The van der Waals surface area contributed by atoms with E-state index < -0.39 is 23.2 Å². The van der Waals surface area contributed by atoms with Crippen molar-refractivity contribution in [2.24, 2.45) is 0 Å². The number of aldehydes is 1. The van der Waals surface area contributed by atoms with Crippen LogP contribution in [0.1, 0.15) is 0 Å². The maximum Gasteiger partial charge on any atom is 0.371 e. The van der Waals surface area contributed by atoms with Crippen LogP contribution in [-0.2, 0) is 14.3 Å². The van der Waals surface area contributed by atoms with Crippen molar-refractivity contribution in [1.29, 1.82) is 0 Å². The van der Waals surface area contributed by atoms with Crippen LogP contribution in [0.25, 0.3) is 0 Å². The third kappa shape index (κ3) is 241. The van der Waals surface area contributed by atoms with Gasteiger partial charge in [-0.3, -0.25) is 4.79 Å². The van der Waals surface area contributed by atoms with Crippen LogP contribution in [-0.4, -0.2) is 36.5 Å². The molecule has 15 heteroatoms. The lowest BCUT2D eigenvalue weighted by molar-refractivity contribution is -0.146. The zero-order valence-corrected chi connectivity index (χ0v) is 19.2. The molecular weight excluding hydrogens is 558 g/mol. The average molecular weight is 566 g/mol. The Morgan fingerprint density at radius 2 is 0.818 bits per heavy atom. The van der Waals surface area contributed by atoms with Gasteiger partial charge in [-0.2, -0.15) is 0 Å². The van der Waals surface area contributed by atoms with Crippen molar-refractivity contribution < 1.29 is 14.3 Å². The number of esters is 1. The van der Waals surface area contributed by atoms with E-state index in [9.17, 15) is 9.59 Å². The molecule has 0 spiro atoms. The first-order chi connectivity index (χ1) is 9.74. The van der Waals surface area contributed by atoms with E-state index in [2.05, 4.69) is 4.74 Å². The predicted octanol–water partition coefficient (Wildman–Crippen LogP) is 7.30. The number of hydrogen-bond acceptors (Lipinski definition) is 3. The molecular formula is C7H8Cl12O3. The topological polar surface area (TPSA) is 43.4 Å². The van der Waals surface area contributed by atoms with Crippen LogP contribution in [0.3, 0.4) is 0 Å². The largest absolute Gasteiger partial charge is 0.463 e. The van der Waals surface area contributed by atoms with E-state index in [0.717, 1.165) is 7.11 Å². The quantitative estimate of drug-likeness (QED) is 0.145. The van der Waals surface area contributed by atoms with Gasteiger partial charge >= 0.3 is 5.97 Å². The molecule has 0 aliphatic carbocycles. The van der Waals surface area contributed by atoms with E-state index in [1.54, 1.807) is 0 Å². The van der Waals surface area contributed by atoms with Gasteiger partial charge in [-0.25, -0.2) is 4.79 Å². The molecule has 0 heterocycles. The Morgan fingerprint density at radius 3 is 0.818 bits per heavy atom. The van der Waals surface area contributed by atoms with Gasteiger partial charge in [0.2, 0.25) is 6.29 Å². The standard InChI is InChI=1S/C3H4O3.4CHCl3/c1-6-3(5)2-4;4*2-1(3)4/h2H,1H3;4*1H. The van der Waals surface area contributed by atoms with Crippen molar-refractivity contribution in [3.05, 3.63) is 0 Å². The molecule has 0 N–H and O–H groups in total. The summed E-state index contributed by atoms with van der Waals surface area (Å²) in [4.78, 5) is 18.9. The minimum absolute atomic E-state index is 0.111. The van der Waals surface area contributed by atoms with E-state index in [1.807, 2.05) is 0 Å². The summed E-state index contributed by atoms with van der Waals surface area (Å²) in [7, 11) is 1.15. The van der Waals surface area contributed by atoms with Gasteiger partial charge in [-0.05, 0) is 0 Å². The number of hydrogen-bond donors (Lipinski definition) is 0. The third-order valence-corrected chi connectivity index (χ3v) is 0.297. The van der Waals surface area contributed by atoms with Crippen molar-refractivity contribution in [3.63, 3.8) is 0 Å². The summed E-state index contributed by atoms with van der Waals surface area (Å²) in [6, 6.07) is 0. The number of alkyl halides is 12. The highest BCUT2D eigenvalue weighted by Gasteiger charge is 1.88. The minimum atomic E-state index is -0.838. The number of carbonyl (C=O) groups excluding carboxylic acids is 2. The summed E-state index contributed by atoms with van der Waals surface area (Å²) in [5.41, 5.74) is 0. The lowest BCUT2D eigenvalue weighted by Crippen LogP contribution is -1.98. The van der Waals surface area contributed by atoms with Gasteiger partial charge in [0, 0.05) is 0 Å². The first-order valence-corrected chi connectivity index (χ1v) is 9.20. The highest BCUT2D eigenvalue weighted by atomic mass is 35.6. The van der Waals surface area contributed by atoms with Crippen LogP contribution in [0.4, 0.5) is 0 Å². The Kier molecular flexibility index (Phi) is 50.9. The molecule has 0 amide bonds. The molecule has 0 aromatic rings. The van der Waals surface area contributed by atoms with E-state index in [0.29, 0.717) is 0 Å². The summed E-state index contributed by atoms with van der Waals surface area (Å²) in [5, 5.41) is 0. The van der Waals surface area contributed by atoms with Gasteiger partial charge in [0.25, 0.3) is 0 Å². The Labute approximate surface area is 188 Å². The molecule has 0 rings (SSSR count). The van der Waals surface area contributed by atoms with E-state index in [1.165, 1.54) is 0 Å². The monoisotopic (exact) mass is 560 g/mol. The predicted molar refractivity (Wildman–Crippen MR) is 103 cm³/mol. The summed E-state index contributed by atoms with van der Waals surface area (Å²) in [5.74, 6) is -0.838. The first-order valence-electron chi connectivity index (χ1n) is 3.96. The fourth-order valence-corrected chi connectivity index (χ4v) is 0.0481. The van der Waals surface area contributed by atoms with Crippen LogP contribution < -0.4 is 0 Å². The molecule has 0 atom stereocenters. The molecule has 0 aromatic carbocycles. The fraction of sp³-hybridized carbons (Fsp3) is 0.714. The number of ether oxygens (including phenoxy) is 1. The molecule has 0 aliphatic rings. The van der Waals surface area contributed by atoms with Crippen molar-refractivity contribution >= 4 is 151 Å². The smallest absolute Gasteiger partial charge is 0.371 e. The molecule has 0 unspecified atom stereocenters. The van der Waals surface area contributed by atoms with Crippen molar-refractivity contribution in [1.82, 2.24) is 0 Å². The zero-order chi connectivity index (χ0) is 19.3. The SMILES string of the molecule is COC(=O)C=O.ClC(Cl)Cl.ClC(Cl)Cl.ClC(Cl)Cl.ClC(Cl)Cl. The van der Waals surface area contributed by atoms with Gasteiger partial charge in [0.05, 0.1) is 7.11 Å². The Hall–Kier alpha value is 2.62. The second-order valence-corrected chi connectivity index (χ2v) is 9.55. The lowest BCUT2D eigenvalue weighted by atomic mass is 10.8. The fourth-order valence-electron chi connectivity index (χ4n) is 0.0481. The molecule has 0 fully saturated rings. The molecule has 0 radical (unpaired) electrons. The minimum Gasteiger partial charge on any atom is -0.463 e. The molecule has 22 heavy (non-hydrogen) atoms. The first kappa shape index (κ1) is 35.7. The van der Waals surface area contributed by atoms with Crippen molar-refractivity contribution in [2.75, 3.05) is 7.11 Å². The Bertz CT molecular complexity index is 178. The number of rotatable bonds is 1. The van der Waals surface area contributed by atoms with Crippen LogP contribution in [0, 0.1) is 0 Å². The van der Waals surface area contributed by atoms with Gasteiger partial charge in [-0.1, -0.05) is 139 Å². The van der Waals surface area contributed by atoms with Crippen LogP contribution in [0.5, 0.6) is 0 Å². The highest BCUT2D eigenvalue weighted by Crippen LogP contribution is 2.04. The number of halogens is 12. The normalized spacial score (nSPS) is 8.41. The van der Waals surface area contributed by atoms with Gasteiger partial charge < -0.3 is 4.74 Å². The Morgan fingerprint density at radius 1 is 0.682 bits per heavy atom. The summed E-state index contributed by atoms with van der Waals surface area (Å²) in [6.45, 7) is 0. The zero-order valence-electron chi connectivity index (χ0n) is 10.1. The summed E-state index contributed by atoms with van der Waals surface area (Å²) in [6.07, 6.45) is 0.111. The molecule has 0 aromatic heterocycles. The maximum absolute atomic E-state index is 9.59. The molecule has 0 aliphatic heterocycles. The molecule has 0 saturated carbocycles. The van der Waals surface area contributed by atoms with E-state index in [4.69, 9.17) is 139 Å². The van der Waals surface area contributed by atoms with Gasteiger partial charge in [0.1, 0.15) is 0 Å². The second kappa shape index (κ2) is 31.4. The second-order valence-electron chi connectivity index (χ2n) is 1.63. The summed E-state index contributed by atoms with van der Waals surface area (Å²) < 4.78 is 0.892. The van der Waals surface area contributed by atoms with Gasteiger partial charge in [0.15, 0.2) is 17.2 Å². The van der Waals surface area contributed by atoms with Crippen LogP contribution in [0.2, 0.25) is 0 Å². The average Bonchev–Trinajstić information content (AvgIpc) is 2.24. The third-order valence-electron chi connectivity index (χ3n) is 0.297. The highest BCUT2D eigenvalue weighted by molar-refractivity contribution is 6.64. The Balaban J connectivity index is -0.0000000555. The number of carbonyl (C=O) groups is 2. The van der Waals surface area contributed by atoms with E-state index >= 15 is 0 Å². The maximum atomic E-state index is 9.59. The van der Waals surface area contributed by atoms with Crippen LogP contribution in [0.15, 0.2) is 0 Å². The number of methoxy groups -OCH3 is 1. The van der Waals surface area contributed by atoms with Crippen LogP contribution >= 0.6 is 139 Å². The lowest BCUT2D eigenvalue weighted by Gasteiger charge is -1.79. The van der Waals surface area contributed by atoms with Crippen molar-refractivity contribution in [3.8, 4) is 0 Å². The molecule has 0 saturated heterocycles. The molecule has 3 nitrogen and oxygen atoms in total.